The van der Waals surface area contributed by atoms with Crippen LogP contribution in [0.5, 0.6) is 11.6 Å². The zero-order valence-corrected chi connectivity index (χ0v) is 22.4. The van der Waals surface area contributed by atoms with Crippen molar-refractivity contribution in [1.29, 1.82) is 0 Å². The van der Waals surface area contributed by atoms with E-state index in [0.717, 1.165) is 12.8 Å². The van der Waals surface area contributed by atoms with Gasteiger partial charge in [-0.05, 0) is 73.6 Å². The van der Waals surface area contributed by atoms with Crippen molar-refractivity contribution in [2.75, 3.05) is 18.6 Å². The molecule has 0 bridgehead atoms. The van der Waals surface area contributed by atoms with Gasteiger partial charge in [0.25, 0.3) is 6.47 Å². The van der Waals surface area contributed by atoms with Crippen molar-refractivity contribution >= 4 is 16.3 Å². The number of carboxylic acid groups (broad SMARTS) is 1. The minimum absolute atomic E-state index is 0.0281. The standard InChI is InChI=1S/C27H29F2NO4S.CH2O2/c1-17-13-19-5-6-21(15-20(19)14-17)34-16-24-25(28)9-7-23(27(24)29)22-8-10-26(30-18(22)2)33-11-4-12-35(3,31)32;2-1-3/h5-10,15,17H,4,11-14,16H2,1-3H3;1H,(H,2,3). The second-order valence-corrected chi connectivity index (χ2v) is 11.6. The lowest BCUT2D eigenvalue weighted by Gasteiger charge is -2.14. The molecule has 1 unspecified atom stereocenters. The Morgan fingerprint density at radius 1 is 1.05 bits per heavy atom. The Hall–Kier alpha value is -3.53. The van der Waals surface area contributed by atoms with Crippen molar-refractivity contribution in [3.05, 3.63) is 76.5 Å². The molecular weight excluding hydrogens is 516 g/mol. The molecule has 0 saturated heterocycles. The molecule has 4 rings (SSSR count). The summed E-state index contributed by atoms with van der Waals surface area (Å²) in [5.41, 5.74) is 3.63. The molecule has 2 aromatic carbocycles. The molecule has 38 heavy (non-hydrogen) atoms. The normalized spacial score (nSPS) is 14.3. The number of nitrogens with zero attached hydrogens (tertiary/aromatic N) is 1. The molecule has 1 aromatic heterocycles. The molecule has 10 heteroatoms. The van der Waals surface area contributed by atoms with Gasteiger partial charge >= 0.3 is 0 Å². The zero-order valence-electron chi connectivity index (χ0n) is 21.5. The van der Waals surface area contributed by atoms with Crippen molar-refractivity contribution in [2.24, 2.45) is 5.92 Å². The summed E-state index contributed by atoms with van der Waals surface area (Å²) >= 11 is 0. The highest BCUT2D eigenvalue weighted by molar-refractivity contribution is 7.90. The van der Waals surface area contributed by atoms with E-state index in [4.69, 9.17) is 19.4 Å². The fourth-order valence-corrected chi connectivity index (χ4v) is 5.04. The molecule has 0 amide bonds. The molecule has 1 N–H and O–H groups in total. The summed E-state index contributed by atoms with van der Waals surface area (Å²) in [6, 6.07) is 11.7. The van der Waals surface area contributed by atoms with Gasteiger partial charge < -0.3 is 14.6 Å². The molecule has 204 valence electrons. The molecule has 0 aliphatic heterocycles. The van der Waals surface area contributed by atoms with Crippen LogP contribution in [0.3, 0.4) is 0 Å². The first-order chi connectivity index (χ1) is 18.0. The van der Waals surface area contributed by atoms with Crippen LogP contribution < -0.4 is 9.47 Å². The van der Waals surface area contributed by atoms with Gasteiger partial charge in [-0.25, -0.2) is 22.2 Å². The van der Waals surface area contributed by atoms with E-state index >= 15 is 4.39 Å². The lowest BCUT2D eigenvalue weighted by molar-refractivity contribution is -0.122. The second kappa shape index (κ2) is 12.8. The summed E-state index contributed by atoms with van der Waals surface area (Å²) in [5.74, 6) is 0.172. The maximum Gasteiger partial charge on any atom is 0.290 e. The Kier molecular flexibility index (Phi) is 9.79. The highest BCUT2D eigenvalue weighted by atomic mass is 32.2. The number of sulfone groups is 1. The number of rotatable bonds is 9. The third kappa shape index (κ3) is 7.74. The van der Waals surface area contributed by atoms with E-state index in [1.54, 1.807) is 19.1 Å². The number of ether oxygens (including phenoxy) is 2. The fraction of sp³-hybridized carbons (Fsp3) is 0.357. The number of pyridine rings is 1. The van der Waals surface area contributed by atoms with Gasteiger partial charge in [0.2, 0.25) is 5.88 Å². The SMILES string of the molecule is Cc1nc(OCCCS(C)(=O)=O)ccc1-c1ccc(F)c(COc2ccc3c(c2)CC(C)C3)c1F.O=CO. The lowest BCUT2D eigenvalue weighted by atomic mass is 10.0. The molecule has 1 heterocycles. The molecule has 1 aliphatic rings. The van der Waals surface area contributed by atoms with Gasteiger partial charge in [-0.2, -0.15) is 0 Å². The molecule has 3 aromatic rings. The molecule has 7 nitrogen and oxygen atoms in total. The first kappa shape index (κ1) is 29.0. The summed E-state index contributed by atoms with van der Waals surface area (Å²) in [6.07, 6.45) is 3.54. The van der Waals surface area contributed by atoms with Gasteiger partial charge in [0.1, 0.15) is 33.8 Å². The van der Waals surface area contributed by atoms with E-state index in [1.165, 1.54) is 29.5 Å². The van der Waals surface area contributed by atoms with Gasteiger partial charge in [0, 0.05) is 29.1 Å². The van der Waals surface area contributed by atoms with Crippen LogP contribution in [0.2, 0.25) is 0 Å². The summed E-state index contributed by atoms with van der Waals surface area (Å²) in [6.45, 7) is 3.63. The minimum Gasteiger partial charge on any atom is -0.489 e. The lowest BCUT2D eigenvalue weighted by Crippen LogP contribution is -2.09. The Bertz CT molecular complexity index is 1390. The summed E-state index contributed by atoms with van der Waals surface area (Å²) in [7, 11) is -3.05. The Morgan fingerprint density at radius 2 is 1.74 bits per heavy atom. The van der Waals surface area contributed by atoms with Crippen LogP contribution in [0.15, 0.2) is 42.5 Å². The summed E-state index contributed by atoms with van der Waals surface area (Å²) < 4.78 is 63.7. The number of hydrogen-bond donors (Lipinski definition) is 1. The van der Waals surface area contributed by atoms with Crippen LogP contribution in [0, 0.1) is 24.5 Å². The average molecular weight is 548 g/mol. The number of fused-ring (bicyclic) bond motifs is 1. The summed E-state index contributed by atoms with van der Waals surface area (Å²) in [5, 5.41) is 6.89. The number of aryl methyl sites for hydroxylation is 1. The summed E-state index contributed by atoms with van der Waals surface area (Å²) in [4.78, 5) is 12.7. The average Bonchev–Trinajstić information content (AvgIpc) is 3.22. The van der Waals surface area contributed by atoms with E-state index in [1.807, 2.05) is 18.2 Å². The van der Waals surface area contributed by atoms with Gasteiger partial charge in [0.05, 0.1) is 17.9 Å². The number of hydrogen-bond acceptors (Lipinski definition) is 6. The maximum atomic E-state index is 15.4. The van der Waals surface area contributed by atoms with Crippen molar-refractivity contribution in [1.82, 2.24) is 4.98 Å². The van der Waals surface area contributed by atoms with Crippen LogP contribution in [-0.4, -0.2) is 43.6 Å². The van der Waals surface area contributed by atoms with E-state index in [0.29, 0.717) is 35.2 Å². The van der Waals surface area contributed by atoms with Crippen molar-refractivity contribution in [2.45, 2.75) is 39.7 Å². The molecule has 0 radical (unpaired) electrons. The Morgan fingerprint density at radius 3 is 2.42 bits per heavy atom. The molecule has 0 fully saturated rings. The number of benzene rings is 2. The van der Waals surface area contributed by atoms with Gasteiger partial charge in [-0.15, -0.1) is 0 Å². The molecule has 0 saturated carbocycles. The van der Waals surface area contributed by atoms with Crippen LogP contribution in [-0.2, 0) is 34.1 Å². The third-order valence-electron chi connectivity index (χ3n) is 6.14. The molecule has 0 spiro atoms. The van der Waals surface area contributed by atoms with Crippen LogP contribution >= 0.6 is 0 Å². The van der Waals surface area contributed by atoms with E-state index in [9.17, 15) is 12.8 Å². The fourth-order valence-electron chi connectivity index (χ4n) is 4.40. The second-order valence-electron chi connectivity index (χ2n) is 9.34. The Labute approximate surface area is 221 Å². The highest BCUT2D eigenvalue weighted by Crippen LogP contribution is 2.32. The van der Waals surface area contributed by atoms with Crippen LogP contribution in [0.1, 0.15) is 35.7 Å². The number of halogens is 2. The predicted octanol–water partition coefficient (Wildman–Crippen LogP) is 5.16. The van der Waals surface area contributed by atoms with Crippen LogP contribution in [0.25, 0.3) is 11.1 Å². The van der Waals surface area contributed by atoms with Crippen LogP contribution in [0.4, 0.5) is 8.78 Å². The van der Waals surface area contributed by atoms with Crippen molar-refractivity contribution in [3.63, 3.8) is 0 Å². The highest BCUT2D eigenvalue weighted by Gasteiger charge is 2.20. The van der Waals surface area contributed by atoms with E-state index in [2.05, 4.69) is 11.9 Å². The minimum atomic E-state index is -3.05. The molecular formula is C28H31F2NO6S. The van der Waals surface area contributed by atoms with Crippen molar-refractivity contribution < 1.29 is 36.6 Å². The quantitative estimate of drug-likeness (QED) is 0.291. The molecule has 1 aliphatic carbocycles. The first-order valence-corrected chi connectivity index (χ1v) is 14.2. The van der Waals surface area contributed by atoms with E-state index in [-0.39, 0.29) is 36.6 Å². The van der Waals surface area contributed by atoms with Gasteiger partial charge in [-0.3, -0.25) is 4.79 Å². The first-order valence-electron chi connectivity index (χ1n) is 12.1. The maximum absolute atomic E-state index is 15.4. The zero-order chi connectivity index (χ0) is 27.9. The van der Waals surface area contributed by atoms with Gasteiger partial charge in [0.15, 0.2) is 0 Å². The predicted molar refractivity (Wildman–Crippen MR) is 140 cm³/mol. The largest absolute Gasteiger partial charge is 0.489 e. The Balaban J connectivity index is 0.00000127. The number of aromatic nitrogens is 1. The monoisotopic (exact) mass is 547 g/mol. The third-order valence-corrected chi connectivity index (χ3v) is 7.17. The topological polar surface area (TPSA) is 103 Å². The van der Waals surface area contributed by atoms with Gasteiger partial charge in [-0.1, -0.05) is 13.0 Å². The van der Waals surface area contributed by atoms with Crippen molar-refractivity contribution in [3.8, 4) is 22.8 Å². The number of carbonyl (C=O) groups is 1. The smallest absolute Gasteiger partial charge is 0.290 e. The molecule has 1 atom stereocenters. The van der Waals surface area contributed by atoms with E-state index < -0.39 is 21.5 Å².